The van der Waals surface area contributed by atoms with Gasteiger partial charge in [-0.15, -0.1) is 10.2 Å². The highest BCUT2D eigenvalue weighted by molar-refractivity contribution is 8.00. The molecule has 9 heteroatoms. The van der Waals surface area contributed by atoms with Gasteiger partial charge in [0, 0.05) is 22.7 Å². The van der Waals surface area contributed by atoms with Crippen LogP contribution in [0.25, 0.3) is 11.5 Å². The molecule has 152 valence electrons. The standard InChI is InChI=1S/C20H19Cl2N3O3S/c1-13(19(26)25(2)11-12-27-17-9-7-16(22)8-10-17)29-20-24-23-18(28-20)14-3-5-15(21)6-4-14/h3-10,13H,11-12H2,1-2H3. The summed E-state index contributed by atoms with van der Waals surface area (Å²) < 4.78 is 11.3. The predicted octanol–water partition coefficient (Wildman–Crippen LogP) is 5.06. The Morgan fingerprint density at radius 1 is 1.10 bits per heavy atom. The summed E-state index contributed by atoms with van der Waals surface area (Å²) in [4.78, 5) is 14.2. The van der Waals surface area contributed by atoms with Crippen molar-refractivity contribution in [3.05, 3.63) is 58.6 Å². The highest BCUT2D eigenvalue weighted by atomic mass is 35.5. The van der Waals surface area contributed by atoms with Gasteiger partial charge >= 0.3 is 0 Å². The van der Waals surface area contributed by atoms with Crippen molar-refractivity contribution in [1.29, 1.82) is 0 Å². The molecule has 1 heterocycles. The molecule has 0 radical (unpaired) electrons. The van der Waals surface area contributed by atoms with E-state index in [1.807, 2.05) is 0 Å². The minimum absolute atomic E-state index is 0.0547. The number of amides is 1. The molecule has 1 aromatic heterocycles. The number of aromatic nitrogens is 2. The number of hydrogen-bond donors (Lipinski definition) is 0. The van der Waals surface area contributed by atoms with Gasteiger partial charge in [-0.05, 0) is 55.5 Å². The van der Waals surface area contributed by atoms with Crippen molar-refractivity contribution < 1.29 is 13.9 Å². The molecule has 3 rings (SSSR count). The summed E-state index contributed by atoms with van der Waals surface area (Å²) in [5.41, 5.74) is 0.768. The third-order valence-electron chi connectivity index (χ3n) is 4.01. The van der Waals surface area contributed by atoms with Gasteiger partial charge in [0.15, 0.2) is 0 Å². The molecule has 0 saturated carbocycles. The summed E-state index contributed by atoms with van der Waals surface area (Å²) in [7, 11) is 1.73. The van der Waals surface area contributed by atoms with E-state index in [9.17, 15) is 4.79 Å². The van der Waals surface area contributed by atoms with Crippen LogP contribution in [-0.2, 0) is 4.79 Å². The Morgan fingerprint density at radius 2 is 1.72 bits per heavy atom. The van der Waals surface area contributed by atoms with Crippen LogP contribution in [0.2, 0.25) is 10.0 Å². The van der Waals surface area contributed by atoms with Crippen molar-refractivity contribution in [3.8, 4) is 17.2 Å². The third kappa shape index (κ3) is 6.13. The molecule has 0 aliphatic carbocycles. The molecular formula is C20H19Cl2N3O3S. The van der Waals surface area contributed by atoms with E-state index < -0.39 is 0 Å². The van der Waals surface area contributed by atoms with E-state index in [4.69, 9.17) is 32.4 Å². The number of hydrogen-bond acceptors (Lipinski definition) is 6. The Morgan fingerprint density at radius 3 is 2.38 bits per heavy atom. The first kappa shape index (κ1) is 21.5. The van der Waals surface area contributed by atoms with Crippen molar-refractivity contribution in [3.63, 3.8) is 0 Å². The Hall–Kier alpha value is -2.22. The number of halogens is 2. The van der Waals surface area contributed by atoms with Crippen LogP contribution in [0.5, 0.6) is 5.75 Å². The van der Waals surface area contributed by atoms with Crippen LogP contribution in [0, 0.1) is 0 Å². The lowest BCUT2D eigenvalue weighted by atomic mass is 10.2. The van der Waals surface area contributed by atoms with E-state index in [-0.39, 0.29) is 11.2 Å². The van der Waals surface area contributed by atoms with Crippen LogP contribution in [0.3, 0.4) is 0 Å². The van der Waals surface area contributed by atoms with Crippen LogP contribution in [-0.4, -0.2) is 46.5 Å². The number of carbonyl (C=O) groups is 1. The van der Waals surface area contributed by atoms with Gasteiger partial charge in [0.25, 0.3) is 5.22 Å². The number of ether oxygens (including phenoxy) is 1. The van der Waals surface area contributed by atoms with Gasteiger partial charge in [0.1, 0.15) is 12.4 Å². The van der Waals surface area contributed by atoms with E-state index >= 15 is 0 Å². The largest absolute Gasteiger partial charge is 0.492 e. The van der Waals surface area contributed by atoms with Gasteiger partial charge < -0.3 is 14.1 Å². The number of thioether (sulfide) groups is 1. The molecule has 0 bridgehead atoms. The van der Waals surface area contributed by atoms with Gasteiger partial charge in [0.2, 0.25) is 11.8 Å². The van der Waals surface area contributed by atoms with Crippen molar-refractivity contribution in [2.24, 2.45) is 0 Å². The average Bonchev–Trinajstić information content (AvgIpc) is 3.17. The highest BCUT2D eigenvalue weighted by Crippen LogP contribution is 2.27. The topological polar surface area (TPSA) is 68.5 Å². The van der Waals surface area contributed by atoms with Crippen LogP contribution in [0.15, 0.2) is 58.2 Å². The van der Waals surface area contributed by atoms with E-state index in [1.54, 1.807) is 67.4 Å². The zero-order valence-corrected chi connectivity index (χ0v) is 18.2. The maximum absolute atomic E-state index is 12.6. The minimum Gasteiger partial charge on any atom is -0.492 e. The lowest BCUT2D eigenvalue weighted by Crippen LogP contribution is -2.36. The van der Waals surface area contributed by atoms with Crippen molar-refractivity contribution in [2.75, 3.05) is 20.2 Å². The number of carbonyl (C=O) groups excluding carboxylic acids is 1. The fourth-order valence-electron chi connectivity index (χ4n) is 2.42. The molecule has 29 heavy (non-hydrogen) atoms. The molecule has 1 amide bonds. The summed E-state index contributed by atoms with van der Waals surface area (Å²) in [5.74, 6) is 1.03. The Labute approximate surface area is 183 Å². The average molecular weight is 452 g/mol. The van der Waals surface area contributed by atoms with Gasteiger partial charge in [-0.25, -0.2) is 0 Å². The molecule has 0 N–H and O–H groups in total. The van der Waals surface area contributed by atoms with Crippen LogP contribution in [0.1, 0.15) is 6.92 Å². The van der Waals surface area contributed by atoms with Crippen LogP contribution in [0.4, 0.5) is 0 Å². The van der Waals surface area contributed by atoms with E-state index in [1.165, 1.54) is 11.8 Å². The smallest absolute Gasteiger partial charge is 0.277 e. The summed E-state index contributed by atoms with van der Waals surface area (Å²) in [6.45, 7) is 2.63. The molecule has 1 atom stereocenters. The van der Waals surface area contributed by atoms with Gasteiger partial charge in [0.05, 0.1) is 11.8 Å². The van der Waals surface area contributed by atoms with E-state index in [0.717, 1.165) is 5.56 Å². The zero-order chi connectivity index (χ0) is 20.8. The van der Waals surface area contributed by atoms with Crippen LogP contribution >= 0.6 is 35.0 Å². The van der Waals surface area contributed by atoms with E-state index in [2.05, 4.69) is 10.2 Å². The Kier molecular flexibility index (Phi) is 7.41. The predicted molar refractivity (Wildman–Crippen MR) is 115 cm³/mol. The third-order valence-corrected chi connectivity index (χ3v) is 5.43. The van der Waals surface area contributed by atoms with Gasteiger partial charge in [-0.2, -0.15) is 0 Å². The molecule has 0 aliphatic rings. The summed E-state index contributed by atoms with van der Waals surface area (Å²) in [6, 6.07) is 14.2. The first-order valence-electron chi connectivity index (χ1n) is 8.82. The number of likely N-dealkylation sites (N-methyl/N-ethyl adjacent to an activating group) is 1. The lowest BCUT2D eigenvalue weighted by molar-refractivity contribution is -0.129. The second-order valence-corrected chi connectivity index (χ2v) is 8.37. The molecule has 0 spiro atoms. The molecule has 6 nitrogen and oxygen atoms in total. The highest BCUT2D eigenvalue weighted by Gasteiger charge is 2.21. The molecule has 1 unspecified atom stereocenters. The lowest BCUT2D eigenvalue weighted by Gasteiger charge is -2.20. The maximum atomic E-state index is 12.6. The number of nitrogens with zero attached hydrogens (tertiary/aromatic N) is 3. The zero-order valence-electron chi connectivity index (χ0n) is 15.8. The fourth-order valence-corrected chi connectivity index (χ4v) is 3.47. The second kappa shape index (κ2) is 10.0. The van der Waals surface area contributed by atoms with Crippen molar-refractivity contribution >= 4 is 40.9 Å². The molecule has 3 aromatic rings. The first-order valence-corrected chi connectivity index (χ1v) is 10.5. The molecule has 0 fully saturated rings. The van der Waals surface area contributed by atoms with Crippen LogP contribution < -0.4 is 4.74 Å². The number of rotatable bonds is 8. The monoisotopic (exact) mass is 451 g/mol. The fraction of sp³-hybridized carbons (Fsp3) is 0.250. The summed E-state index contributed by atoms with van der Waals surface area (Å²) in [5, 5.41) is 9.27. The minimum atomic E-state index is -0.381. The summed E-state index contributed by atoms with van der Waals surface area (Å²) in [6.07, 6.45) is 0. The SMILES string of the molecule is CC(Sc1nnc(-c2ccc(Cl)cc2)o1)C(=O)N(C)CCOc1ccc(Cl)cc1. The normalized spacial score (nSPS) is 11.9. The number of benzene rings is 2. The van der Waals surface area contributed by atoms with Gasteiger partial charge in [-0.1, -0.05) is 35.0 Å². The first-order chi connectivity index (χ1) is 13.9. The molecule has 0 saturated heterocycles. The summed E-state index contributed by atoms with van der Waals surface area (Å²) >= 11 is 13.0. The quantitative estimate of drug-likeness (QED) is 0.445. The Bertz CT molecular complexity index is 948. The molecule has 0 aliphatic heterocycles. The van der Waals surface area contributed by atoms with Crippen molar-refractivity contribution in [1.82, 2.24) is 15.1 Å². The van der Waals surface area contributed by atoms with Crippen molar-refractivity contribution in [2.45, 2.75) is 17.4 Å². The van der Waals surface area contributed by atoms with Gasteiger partial charge in [-0.3, -0.25) is 4.79 Å². The Balaban J connectivity index is 1.49. The molecular weight excluding hydrogens is 433 g/mol. The maximum Gasteiger partial charge on any atom is 0.277 e. The second-order valence-electron chi connectivity index (χ2n) is 6.20. The van der Waals surface area contributed by atoms with E-state index in [0.29, 0.717) is 40.1 Å². The molecule has 2 aromatic carbocycles.